The van der Waals surface area contributed by atoms with E-state index in [0.29, 0.717) is 0 Å². The molecule has 0 bridgehead atoms. The molecule has 0 saturated heterocycles. The minimum Gasteiger partial charge on any atom is -0.468 e. The van der Waals surface area contributed by atoms with Crippen LogP contribution < -0.4 is 10.4 Å². The van der Waals surface area contributed by atoms with Gasteiger partial charge < -0.3 is 9.16 Å². The van der Waals surface area contributed by atoms with Crippen molar-refractivity contribution in [2.24, 2.45) is 0 Å². The van der Waals surface area contributed by atoms with E-state index in [4.69, 9.17) is 49.4 Å². The van der Waals surface area contributed by atoms with Crippen molar-refractivity contribution in [3.63, 3.8) is 0 Å². The molecule has 1 atom stereocenters. The summed E-state index contributed by atoms with van der Waals surface area (Å²) in [5.74, 6) is -0.410. The fourth-order valence-corrected chi connectivity index (χ4v) is 8.78. The third kappa shape index (κ3) is 7.86. The summed E-state index contributed by atoms with van der Waals surface area (Å²) in [6.45, 7) is 9.08. The number of ether oxygens (including phenoxy) is 1. The van der Waals surface area contributed by atoms with Gasteiger partial charge in [0, 0.05) is 0 Å². The lowest BCUT2D eigenvalue weighted by Crippen LogP contribution is -2.67. The molecule has 0 aliphatic heterocycles. The van der Waals surface area contributed by atoms with Crippen molar-refractivity contribution >= 4 is 59.4 Å². The minimum absolute atomic E-state index is 0.173. The van der Waals surface area contributed by atoms with Gasteiger partial charge in [-0.3, -0.25) is 5.41 Å². The monoisotopic (exact) mass is 539 g/mol. The molecule has 34 heavy (non-hydrogen) atoms. The van der Waals surface area contributed by atoms with Crippen molar-refractivity contribution in [2.75, 3.05) is 6.61 Å². The highest BCUT2D eigenvalue weighted by molar-refractivity contribution is 6.99. The third-order valence-electron chi connectivity index (χ3n) is 5.73. The second-order valence-corrected chi connectivity index (χ2v) is 16.0. The Morgan fingerprint density at radius 3 is 1.91 bits per heavy atom. The Hall–Kier alpha value is -1.30. The van der Waals surface area contributed by atoms with E-state index in [0.717, 1.165) is 19.3 Å². The maximum Gasteiger partial charge on any atom is 0.265 e. The van der Waals surface area contributed by atoms with Gasteiger partial charge in [-0.25, -0.2) is 0 Å². The van der Waals surface area contributed by atoms with E-state index in [9.17, 15) is 0 Å². The van der Waals surface area contributed by atoms with Gasteiger partial charge in [-0.1, -0.05) is 142 Å². The molecule has 0 aromatic heterocycles. The summed E-state index contributed by atoms with van der Waals surface area (Å²) >= 11 is 17.7. The summed E-state index contributed by atoms with van der Waals surface area (Å²) in [6, 6.07) is 20.8. The molecule has 0 spiro atoms. The number of halogens is 3. The second kappa shape index (κ2) is 13.1. The molecule has 3 nitrogen and oxygen atoms in total. The van der Waals surface area contributed by atoms with Gasteiger partial charge in [-0.05, 0) is 34.3 Å². The largest absolute Gasteiger partial charge is 0.468 e. The zero-order chi connectivity index (χ0) is 25.2. The first kappa shape index (κ1) is 28.9. The first-order chi connectivity index (χ1) is 16.0. The second-order valence-electron chi connectivity index (χ2n) is 9.38. The topological polar surface area (TPSA) is 42.3 Å². The van der Waals surface area contributed by atoms with Crippen molar-refractivity contribution in [3.05, 3.63) is 72.8 Å². The van der Waals surface area contributed by atoms with Crippen molar-refractivity contribution in [1.29, 1.82) is 5.41 Å². The summed E-state index contributed by atoms with van der Waals surface area (Å²) in [5.41, 5.74) is 0. The number of hydrogen-bond acceptors (Lipinski definition) is 3. The molecule has 2 rings (SSSR count). The number of nitrogens with one attached hydrogen (secondary N) is 1. The molecule has 0 unspecified atom stereocenters. The van der Waals surface area contributed by atoms with Gasteiger partial charge in [0.05, 0.1) is 6.61 Å². The lowest BCUT2D eigenvalue weighted by Gasteiger charge is -2.43. The van der Waals surface area contributed by atoms with Gasteiger partial charge >= 0.3 is 0 Å². The average Bonchev–Trinajstić information content (AvgIpc) is 2.79. The predicted octanol–water partition coefficient (Wildman–Crippen LogP) is 7.43. The maximum atomic E-state index is 8.11. The standard InChI is InChI=1S/C27H36Cl3NO2Si/c1-5-6-7-8-11-16-22(33-25(31)27(28,29)30)21-32-34(26(2,3)4,23-17-12-9-13-18-23)24-19-14-10-15-20-24/h9-20,22,31H,5-8,21H2,1-4H3/b16-11+,31-25?/t22-/m0/s1. The summed E-state index contributed by atoms with van der Waals surface area (Å²) < 4.78 is 10.8. The normalized spacial score (nSPS) is 13.7. The van der Waals surface area contributed by atoms with Gasteiger partial charge in [0.1, 0.15) is 6.10 Å². The molecule has 0 heterocycles. The van der Waals surface area contributed by atoms with E-state index < -0.39 is 24.1 Å². The number of benzene rings is 2. The van der Waals surface area contributed by atoms with Gasteiger partial charge in [0.2, 0.25) is 5.90 Å². The SMILES string of the molecule is CCCCC/C=C/[C@@H](CO[Si](c1ccccc1)(c1ccccc1)C(C)(C)C)OC(=N)C(Cl)(Cl)Cl. The maximum absolute atomic E-state index is 8.11. The fraction of sp³-hybridized carbons (Fsp3) is 0.444. The van der Waals surface area contributed by atoms with Crippen LogP contribution in [-0.2, 0) is 9.16 Å². The summed E-state index contributed by atoms with van der Waals surface area (Å²) in [5, 5.41) is 10.3. The highest BCUT2D eigenvalue weighted by atomic mass is 35.6. The zero-order valence-corrected chi connectivity index (χ0v) is 23.8. The van der Waals surface area contributed by atoms with Gasteiger partial charge in [-0.15, -0.1) is 0 Å². The van der Waals surface area contributed by atoms with Crippen LogP contribution in [0.4, 0.5) is 0 Å². The Morgan fingerprint density at radius 1 is 0.941 bits per heavy atom. The lowest BCUT2D eigenvalue weighted by molar-refractivity contribution is 0.144. The minimum atomic E-state index is -2.75. The van der Waals surface area contributed by atoms with Crippen molar-refractivity contribution in [2.45, 2.75) is 68.3 Å². The van der Waals surface area contributed by atoms with Crippen molar-refractivity contribution in [3.8, 4) is 0 Å². The summed E-state index contributed by atoms with van der Waals surface area (Å²) in [7, 11) is -2.75. The van der Waals surface area contributed by atoms with Gasteiger partial charge in [-0.2, -0.15) is 0 Å². The van der Waals surface area contributed by atoms with Crippen LogP contribution in [0, 0.1) is 5.41 Å². The van der Waals surface area contributed by atoms with Crippen LogP contribution in [0.2, 0.25) is 5.04 Å². The molecule has 2 aromatic carbocycles. The fourth-order valence-electron chi connectivity index (χ4n) is 4.08. The van der Waals surface area contributed by atoms with Crippen LogP contribution >= 0.6 is 34.8 Å². The number of hydrogen-bond donors (Lipinski definition) is 1. The summed E-state index contributed by atoms with van der Waals surface area (Å²) in [6.07, 6.45) is 7.79. The van der Waals surface area contributed by atoms with E-state index in [1.807, 2.05) is 18.2 Å². The van der Waals surface area contributed by atoms with Gasteiger partial charge in [0.15, 0.2) is 0 Å². The van der Waals surface area contributed by atoms with E-state index in [2.05, 4.69) is 82.3 Å². The summed E-state index contributed by atoms with van der Waals surface area (Å²) in [4.78, 5) is 0. The van der Waals surface area contributed by atoms with Crippen molar-refractivity contribution in [1.82, 2.24) is 0 Å². The number of unbranched alkanes of at least 4 members (excludes halogenated alkanes) is 3. The van der Waals surface area contributed by atoms with E-state index in [1.54, 1.807) is 0 Å². The van der Waals surface area contributed by atoms with Crippen molar-refractivity contribution < 1.29 is 9.16 Å². The van der Waals surface area contributed by atoms with Crippen LogP contribution in [0.1, 0.15) is 53.4 Å². The molecular weight excluding hydrogens is 505 g/mol. The van der Waals surface area contributed by atoms with Crippen LogP contribution in [-0.4, -0.2) is 30.7 Å². The first-order valence-corrected chi connectivity index (χ1v) is 14.8. The average molecular weight is 541 g/mol. The Kier molecular flexibility index (Phi) is 11.2. The van der Waals surface area contributed by atoms with Gasteiger partial charge in [0.25, 0.3) is 12.1 Å². The van der Waals surface area contributed by atoms with E-state index in [-0.39, 0.29) is 11.6 Å². The van der Waals surface area contributed by atoms with Crippen LogP contribution in [0.25, 0.3) is 0 Å². The molecular formula is C27H36Cl3NO2Si. The number of alkyl halides is 3. The molecule has 186 valence electrons. The highest BCUT2D eigenvalue weighted by Gasteiger charge is 2.50. The Morgan fingerprint density at radius 2 is 1.47 bits per heavy atom. The Bertz CT molecular complexity index is 869. The Balaban J connectivity index is 2.43. The molecule has 1 N–H and O–H groups in total. The molecule has 7 heteroatoms. The molecule has 0 radical (unpaired) electrons. The van der Waals surface area contributed by atoms with E-state index in [1.165, 1.54) is 16.8 Å². The Labute approximate surface area is 221 Å². The molecule has 0 amide bonds. The molecule has 0 aliphatic carbocycles. The molecule has 0 aliphatic rings. The third-order valence-corrected chi connectivity index (χ3v) is 11.3. The van der Waals surface area contributed by atoms with Crippen LogP contribution in [0.5, 0.6) is 0 Å². The van der Waals surface area contributed by atoms with E-state index >= 15 is 0 Å². The van der Waals surface area contributed by atoms with Crippen LogP contribution in [0.3, 0.4) is 0 Å². The van der Waals surface area contributed by atoms with Crippen LogP contribution in [0.15, 0.2) is 72.8 Å². The molecule has 2 aromatic rings. The number of rotatable bonds is 11. The smallest absolute Gasteiger partial charge is 0.265 e. The molecule has 0 saturated carbocycles. The first-order valence-electron chi connectivity index (χ1n) is 11.8. The number of allylic oxidation sites excluding steroid dienone is 1. The lowest BCUT2D eigenvalue weighted by atomic mass is 10.2. The predicted molar refractivity (Wildman–Crippen MR) is 150 cm³/mol. The quantitative estimate of drug-likeness (QED) is 0.0804. The highest BCUT2D eigenvalue weighted by Crippen LogP contribution is 2.37. The zero-order valence-electron chi connectivity index (χ0n) is 20.5. The molecule has 0 fully saturated rings.